The van der Waals surface area contributed by atoms with Crippen LogP contribution in [0.2, 0.25) is 0 Å². The monoisotopic (exact) mass is 248 g/mol. The van der Waals surface area contributed by atoms with Gasteiger partial charge in [0.1, 0.15) is 12.0 Å². The molecule has 1 atom stereocenters. The summed E-state index contributed by atoms with van der Waals surface area (Å²) in [6, 6.07) is 9.76. The topological polar surface area (TPSA) is 27.7 Å². The molecule has 1 aromatic carbocycles. The normalized spacial score (nSPS) is 18.8. The van der Waals surface area contributed by atoms with Crippen LogP contribution >= 0.6 is 0 Å². The first-order chi connectivity index (χ1) is 8.48. The van der Waals surface area contributed by atoms with Gasteiger partial charge in [-0.1, -0.05) is 32.0 Å². The van der Waals surface area contributed by atoms with Crippen molar-refractivity contribution in [3.63, 3.8) is 0 Å². The van der Waals surface area contributed by atoms with Gasteiger partial charge < -0.3 is 14.2 Å². The molecule has 0 aromatic heterocycles. The first-order valence-corrected chi connectivity index (χ1v) is 6.26. The second-order valence-electron chi connectivity index (χ2n) is 5.24. The Morgan fingerprint density at radius 2 is 1.78 bits per heavy atom. The molecule has 0 saturated heterocycles. The van der Waals surface area contributed by atoms with Crippen molar-refractivity contribution >= 4 is 0 Å². The van der Waals surface area contributed by atoms with Gasteiger partial charge >= 0.3 is 0 Å². The molecule has 3 nitrogen and oxygen atoms in total. The Morgan fingerprint density at radius 1 is 1.11 bits per heavy atom. The van der Waals surface area contributed by atoms with Gasteiger partial charge in [0, 0.05) is 13.8 Å². The van der Waals surface area contributed by atoms with E-state index in [1.807, 2.05) is 44.2 Å². The molecule has 0 unspecified atom stereocenters. The van der Waals surface area contributed by atoms with Gasteiger partial charge in [-0.3, -0.25) is 0 Å². The average molecular weight is 248 g/mol. The number of para-hydroxylation sites is 1. The molecule has 0 spiro atoms. The van der Waals surface area contributed by atoms with Crippen LogP contribution in [0.5, 0.6) is 5.75 Å². The Kier molecular flexibility index (Phi) is 3.50. The predicted molar refractivity (Wildman–Crippen MR) is 70.0 cm³/mol. The molecule has 0 radical (unpaired) electrons. The highest BCUT2D eigenvalue weighted by Crippen LogP contribution is 2.31. The lowest BCUT2D eigenvalue weighted by Crippen LogP contribution is -2.29. The average Bonchev–Trinajstić information content (AvgIpc) is 2.67. The van der Waals surface area contributed by atoms with Crippen molar-refractivity contribution < 1.29 is 14.2 Å². The zero-order chi connectivity index (χ0) is 13.2. The van der Waals surface area contributed by atoms with Crippen LogP contribution in [-0.2, 0) is 9.47 Å². The quantitative estimate of drug-likeness (QED) is 0.813. The number of ether oxygens (including phenoxy) is 3. The van der Waals surface area contributed by atoms with Crippen molar-refractivity contribution in [3.05, 3.63) is 42.4 Å². The molecule has 18 heavy (non-hydrogen) atoms. The summed E-state index contributed by atoms with van der Waals surface area (Å²) in [5, 5.41) is 0. The molecule has 0 bridgehead atoms. The molecule has 0 fully saturated rings. The Bertz CT molecular complexity index is 421. The van der Waals surface area contributed by atoms with Crippen LogP contribution in [0, 0.1) is 5.92 Å². The maximum absolute atomic E-state index is 5.98. The summed E-state index contributed by atoms with van der Waals surface area (Å²) in [5.74, 6) is 1.29. The van der Waals surface area contributed by atoms with Crippen molar-refractivity contribution in [1.82, 2.24) is 0 Å². The van der Waals surface area contributed by atoms with Crippen molar-refractivity contribution in [2.24, 2.45) is 5.92 Å². The van der Waals surface area contributed by atoms with Crippen LogP contribution in [-0.4, -0.2) is 11.9 Å². The summed E-state index contributed by atoms with van der Waals surface area (Å²) in [6.45, 7) is 7.97. The van der Waals surface area contributed by atoms with E-state index in [1.54, 1.807) is 6.26 Å². The highest BCUT2D eigenvalue weighted by molar-refractivity contribution is 5.22. The third-order valence-electron chi connectivity index (χ3n) is 2.71. The molecular formula is C15H20O3. The molecule has 1 heterocycles. The highest BCUT2D eigenvalue weighted by Gasteiger charge is 2.34. The van der Waals surface area contributed by atoms with Gasteiger partial charge in [0.15, 0.2) is 11.9 Å². The largest absolute Gasteiger partial charge is 0.482 e. The van der Waals surface area contributed by atoms with Gasteiger partial charge in [0.25, 0.3) is 0 Å². The minimum absolute atomic E-state index is 0.130. The summed E-state index contributed by atoms with van der Waals surface area (Å²) in [7, 11) is 0. The maximum Gasteiger partial charge on any atom is 0.244 e. The van der Waals surface area contributed by atoms with E-state index in [-0.39, 0.29) is 6.10 Å². The van der Waals surface area contributed by atoms with E-state index in [0.717, 1.165) is 11.5 Å². The molecular weight excluding hydrogens is 228 g/mol. The second kappa shape index (κ2) is 4.92. The molecule has 1 aliphatic heterocycles. The van der Waals surface area contributed by atoms with Crippen LogP contribution in [0.25, 0.3) is 0 Å². The smallest absolute Gasteiger partial charge is 0.244 e. The fourth-order valence-corrected chi connectivity index (χ4v) is 1.83. The van der Waals surface area contributed by atoms with E-state index in [9.17, 15) is 0 Å². The molecule has 0 saturated carbocycles. The summed E-state index contributed by atoms with van der Waals surface area (Å²) in [6.07, 6.45) is 1.53. The lowest BCUT2D eigenvalue weighted by atomic mass is 10.1. The molecule has 0 aliphatic carbocycles. The first kappa shape index (κ1) is 12.8. The summed E-state index contributed by atoms with van der Waals surface area (Å²) >= 11 is 0. The summed E-state index contributed by atoms with van der Waals surface area (Å²) < 4.78 is 17.2. The zero-order valence-corrected chi connectivity index (χ0v) is 11.3. The molecule has 0 N–H and O–H groups in total. The lowest BCUT2D eigenvalue weighted by molar-refractivity contribution is -0.125. The number of hydrogen-bond donors (Lipinski definition) is 0. The highest BCUT2D eigenvalue weighted by atomic mass is 16.7. The second-order valence-corrected chi connectivity index (χ2v) is 5.24. The molecule has 2 rings (SSSR count). The van der Waals surface area contributed by atoms with Gasteiger partial charge in [-0.05, 0) is 18.1 Å². The Balaban J connectivity index is 2.11. The van der Waals surface area contributed by atoms with Gasteiger partial charge in [-0.2, -0.15) is 0 Å². The van der Waals surface area contributed by atoms with Gasteiger partial charge in [0.2, 0.25) is 5.79 Å². The van der Waals surface area contributed by atoms with Crippen LogP contribution in [0.3, 0.4) is 0 Å². The van der Waals surface area contributed by atoms with Crippen LogP contribution in [0.15, 0.2) is 42.4 Å². The predicted octanol–water partition coefficient (Wildman–Crippen LogP) is 3.71. The van der Waals surface area contributed by atoms with Crippen molar-refractivity contribution in [1.29, 1.82) is 0 Å². The zero-order valence-electron chi connectivity index (χ0n) is 11.3. The van der Waals surface area contributed by atoms with Crippen molar-refractivity contribution in [2.75, 3.05) is 0 Å². The van der Waals surface area contributed by atoms with Gasteiger partial charge in [-0.25, -0.2) is 0 Å². The van der Waals surface area contributed by atoms with E-state index < -0.39 is 5.79 Å². The Hall–Kier alpha value is -1.64. The lowest BCUT2D eigenvalue weighted by Gasteiger charge is -2.25. The van der Waals surface area contributed by atoms with Crippen molar-refractivity contribution in [3.8, 4) is 5.75 Å². The molecule has 1 aliphatic rings. The van der Waals surface area contributed by atoms with E-state index in [0.29, 0.717) is 5.92 Å². The van der Waals surface area contributed by atoms with E-state index in [4.69, 9.17) is 14.2 Å². The maximum atomic E-state index is 5.98. The molecule has 3 heteroatoms. The number of rotatable bonds is 4. The minimum atomic E-state index is -0.595. The first-order valence-electron chi connectivity index (χ1n) is 6.26. The Labute approximate surface area is 108 Å². The van der Waals surface area contributed by atoms with Crippen LogP contribution in [0.4, 0.5) is 0 Å². The molecule has 0 amide bonds. The standard InChI is InChI=1S/C15H20O3/c1-11(2)14(13-10-16-15(3,4)18-13)17-12-8-6-5-7-9-12/h5-11,14H,1-4H3/t14-/m1/s1. The van der Waals surface area contributed by atoms with E-state index >= 15 is 0 Å². The third kappa shape index (κ3) is 2.97. The minimum Gasteiger partial charge on any atom is -0.482 e. The molecule has 1 aromatic rings. The van der Waals surface area contributed by atoms with Gasteiger partial charge in [0.05, 0.1) is 0 Å². The van der Waals surface area contributed by atoms with Crippen LogP contribution in [0.1, 0.15) is 27.7 Å². The molecule has 98 valence electrons. The van der Waals surface area contributed by atoms with Crippen LogP contribution < -0.4 is 4.74 Å². The van der Waals surface area contributed by atoms with E-state index in [1.165, 1.54) is 0 Å². The van der Waals surface area contributed by atoms with Gasteiger partial charge in [-0.15, -0.1) is 0 Å². The Morgan fingerprint density at radius 3 is 2.28 bits per heavy atom. The number of hydrogen-bond acceptors (Lipinski definition) is 3. The van der Waals surface area contributed by atoms with E-state index in [2.05, 4.69) is 13.8 Å². The fourth-order valence-electron chi connectivity index (χ4n) is 1.83. The fraction of sp³-hybridized carbons (Fsp3) is 0.467. The SMILES string of the molecule is CC(C)[C@@H](Oc1ccccc1)C1=COC(C)(C)O1. The summed E-state index contributed by atoms with van der Waals surface area (Å²) in [4.78, 5) is 0. The van der Waals surface area contributed by atoms with Crippen molar-refractivity contribution in [2.45, 2.75) is 39.6 Å². The number of benzene rings is 1. The summed E-state index contributed by atoms with van der Waals surface area (Å²) in [5.41, 5.74) is 0. The third-order valence-corrected chi connectivity index (χ3v) is 2.71.